The molecule has 3 amide bonds. The highest BCUT2D eigenvalue weighted by atomic mass is 32.2. The van der Waals surface area contributed by atoms with Gasteiger partial charge in [-0.15, -0.1) is 11.8 Å². The molecule has 4 fully saturated rings. The summed E-state index contributed by atoms with van der Waals surface area (Å²) in [6.07, 6.45) is -0.276. The SMILES string of the molecule is CC1(C)S[C@H]2N(C(=O)[C@@]2(COC(=O)[C@H]2C(C)(C)S(=O)(=O)[C@@H]3CC(=O)[N+]32CN)NC(=O)C(N)c2ccccc2)[C@H]1C(=O)O. The number of amides is 3. The van der Waals surface area contributed by atoms with Gasteiger partial charge in [-0.25, -0.2) is 27.3 Å². The van der Waals surface area contributed by atoms with Crippen molar-refractivity contribution in [2.45, 2.75) is 78.0 Å². The van der Waals surface area contributed by atoms with E-state index in [9.17, 15) is 37.5 Å². The van der Waals surface area contributed by atoms with E-state index in [4.69, 9.17) is 16.2 Å². The zero-order valence-electron chi connectivity index (χ0n) is 23.5. The first-order valence-corrected chi connectivity index (χ1v) is 15.7. The van der Waals surface area contributed by atoms with Crippen molar-refractivity contribution in [3.8, 4) is 0 Å². The third-order valence-electron chi connectivity index (χ3n) is 9.17. The molecule has 7 atom stereocenters. The van der Waals surface area contributed by atoms with Crippen LogP contribution < -0.4 is 16.8 Å². The number of quaternary nitrogens is 1. The highest BCUT2D eigenvalue weighted by Crippen LogP contribution is 2.56. The van der Waals surface area contributed by atoms with Crippen LogP contribution in [0.2, 0.25) is 0 Å². The van der Waals surface area contributed by atoms with Crippen molar-refractivity contribution < 1.29 is 46.7 Å². The number of aliphatic carboxylic acids is 1. The van der Waals surface area contributed by atoms with Crippen molar-refractivity contribution in [3.63, 3.8) is 0 Å². The first kappa shape index (κ1) is 30.4. The molecule has 14 nitrogen and oxygen atoms in total. The van der Waals surface area contributed by atoms with Gasteiger partial charge in [-0.05, 0) is 33.3 Å². The molecule has 4 aliphatic heterocycles. The van der Waals surface area contributed by atoms with E-state index in [0.717, 1.165) is 16.7 Å². The van der Waals surface area contributed by atoms with Crippen molar-refractivity contribution in [2.75, 3.05) is 13.3 Å². The maximum atomic E-state index is 13.8. The van der Waals surface area contributed by atoms with Crippen LogP contribution in [-0.2, 0) is 38.5 Å². The Hall–Kier alpha value is -3.05. The van der Waals surface area contributed by atoms with Crippen molar-refractivity contribution in [3.05, 3.63) is 35.9 Å². The number of thioether (sulfide) groups is 1. The lowest BCUT2D eigenvalue weighted by atomic mass is 9.84. The summed E-state index contributed by atoms with van der Waals surface area (Å²) >= 11 is 1.12. The van der Waals surface area contributed by atoms with E-state index in [1.165, 1.54) is 13.8 Å². The number of ether oxygens (including phenoxy) is 1. The first-order valence-electron chi connectivity index (χ1n) is 13.3. The molecule has 1 aromatic carbocycles. The van der Waals surface area contributed by atoms with Gasteiger partial charge >= 0.3 is 17.8 Å². The molecular formula is C26H34N5O9S2+. The Morgan fingerprint density at radius 2 is 1.81 bits per heavy atom. The molecule has 4 saturated heterocycles. The van der Waals surface area contributed by atoms with Gasteiger partial charge in [0.25, 0.3) is 5.91 Å². The molecule has 2 unspecified atom stereocenters. The van der Waals surface area contributed by atoms with Crippen LogP contribution in [0.15, 0.2) is 30.3 Å². The van der Waals surface area contributed by atoms with E-state index in [2.05, 4.69) is 5.32 Å². The maximum Gasteiger partial charge on any atom is 0.367 e. The number of sulfone groups is 1. The number of esters is 1. The summed E-state index contributed by atoms with van der Waals surface area (Å²) in [5, 5.41) is 10.4. The predicted octanol–water partition coefficient (Wildman–Crippen LogP) is -1.20. The molecular weight excluding hydrogens is 590 g/mol. The average Bonchev–Trinajstić information content (AvgIpc) is 3.25. The summed E-state index contributed by atoms with van der Waals surface area (Å²) in [5.74, 6) is -4.39. The number of benzene rings is 1. The molecule has 1 aromatic rings. The van der Waals surface area contributed by atoms with Crippen LogP contribution in [-0.4, -0.2) is 104 Å². The maximum absolute atomic E-state index is 13.8. The summed E-state index contributed by atoms with van der Waals surface area (Å²) in [7, 11) is -3.99. The van der Waals surface area contributed by atoms with Gasteiger partial charge in [-0.1, -0.05) is 30.3 Å². The normalized spacial score (nSPS) is 35.7. The lowest BCUT2D eigenvalue weighted by Gasteiger charge is -2.53. The topological polar surface area (TPSA) is 216 Å². The van der Waals surface area contributed by atoms with E-state index < -0.39 is 101 Å². The number of carboxylic acid groups (broad SMARTS) is 1. The number of fused-ring (bicyclic) bond motifs is 2. The standard InChI is InChI=1S/C26H33N5O9S2/c1-24(2)17(20(34)35)30-22(37)26(23(30)41-24,29-19(33)16(28)13-8-6-5-7-9-13)11-40-21(36)18-25(3,4)42(38,39)15-10-14(32)31(15,18)12-27/h5-9,15-18,23H,10-12,27-28H2,1-4H3,(H-,29,33,34,35)/p+1/t15-,16?,17+,18+,23-,26-,31?/m1/s1. The number of rotatable bonds is 8. The second-order valence-electron chi connectivity index (χ2n) is 12.2. The number of β-lactam (4-membered cyclic amide) rings is 2. The molecule has 0 aromatic heterocycles. The first-order chi connectivity index (χ1) is 19.4. The minimum absolute atomic E-state index is 0.276. The number of hydrogen-bond donors (Lipinski definition) is 4. The van der Waals surface area contributed by atoms with Crippen LogP contribution >= 0.6 is 11.8 Å². The smallest absolute Gasteiger partial charge is 0.367 e. The van der Waals surface area contributed by atoms with Gasteiger partial charge in [-0.3, -0.25) is 15.3 Å². The molecule has 0 spiro atoms. The monoisotopic (exact) mass is 624 g/mol. The fourth-order valence-electron chi connectivity index (χ4n) is 6.84. The zero-order valence-corrected chi connectivity index (χ0v) is 25.1. The number of carbonyl (C=O) groups is 5. The zero-order chi connectivity index (χ0) is 31.2. The summed E-state index contributed by atoms with van der Waals surface area (Å²) < 4.78 is 28.7. The quantitative estimate of drug-likeness (QED) is 0.152. The van der Waals surface area contributed by atoms with Gasteiger partial charge in [0.15, 0.2) is 5.54 Å². The minimum Gasteiger partial charge on any atom is -0.480 e. The average molecular weight is 625 g/mol. The van der Waals surface area contributed by atoms with E-state index >= 15 is 0 Å². The minimum atomic E-state index is -3.99. The van der Waals surface area contributed by atoms with Gasteiger partial charge in [0.2, 0.25) is 27.2 Å². The second-order valence-corrected chi connectivity index (χ2v) is 16.6. The van der Waals surface area contributed by atoms with E-state index in [1.54, 1.807) is 44.2 Å². The molecule has 16 heteroatoms. The summed E-state index contributed by atoms with van der Waals surface area (Å²) in [6, 6.07) is 4.40. The third-order valence-corrected chi connectivity index (χ3v) is 13.8. The predicted molar refractivity (Wildman–Crippen MR) is 148 cm³/mol. The Kier molecular flexibility index (Phi) is 6.86. The molecule has 6 N–H and O–H groups in total. The Balaban J connectivity index is 1.48. The molecule has 0 bridgehead atoms. The lowest BCUT2D eigenvalue weighted by Crippen LogP contribution is -2.82. The van der Waals surface area contributed by atoms with Crippen molar-refractivity contribution in [1.29, 1.82) is 0 Å². The molecule has 0 saturated carbocycles. The van der Waals surface area contributed by atoms with Crippen molar-refractivity contribution in [1.82, 2.24) is 10.2 Å². The Bertz CT molecular complexity index is 1500. The second kappa shape index (κ2) is 9.47. The lowest BCUT2D eigenvalue weighted by molar-refractivity contribution is -0.902. The summed E-state index contributed by atoms with van der Waals surface area (Å²) in [6.45, 7) is 4.76. The fraction of sp³-hybridized carbons (Fsp3) is 0.577. The third kappa shape index (κ3) is 3.74. The molecule has 4 heterocycles. The molecule has 0 aliphatic carbocycles. The van der Waals surface area contributed by atoms with E-state index in [0.29, 0.717) is 5.56 Å². The summed E-state index contributed by atoms with van der Waals surface area (Å²) in [5.41, 5.74) is 10.6. The Labute approximate surface area is 246 Å². The van der Waals surface area contributed by atoms with Crippen LogP contribution in [0, 0.1) is 0 Å². The number of nitrogens with two attached hydrogens (primary N) is 2. The van der Waals surface area contributed by atoms with Gasteiger partial charge in [0.05, 0.1) is 0 Å². The number of carboxylic acids is 1. The van der Waals surface area contributed by atoms with Gasteiger partial charge < -0.3 is 25.8 Å². The Morgan fingerprint density at radius 1 is 1.19 bits per heavy atom. The highest BCUT2D eigenvalue weighted by Gasteiger charge is 2.81. The number of carbonyl (C=O) groups excluding carboxylic acids is 4. The molecule has 228 valence electrons. The van der Waals surface area contributed by atoms with Gasteiger partial charge in [0.1, 0.15) is 41.9 Å². The van der Waals surface area contributed by atoms with E-state index in [1.807, 2.05) is 0 Å². The number of nitrogens with zero attached hydrogens (tertiary/aromatic N) is 2. The van der Waals surface area contributed by atoms with Crippen LogP contribution in [0.1, 0.15) is 45.7 Å². The molecule has 5 rings (SSSR count). The van der Waals surface area contributed by atoms with Gasteiger partial charge in [0, 0.05) is 4.75 Å². The van der Waals surface area contributed by atoms with Crippen LogP contribution in [0.3, 0.4) is 0 Å². The van der Waals surface area contributed by atoms with Crippen molar-refractivity contribution in [2.24, 2.45) is 11.5 Å². The number of hydrogen-bond acceptors (Lipinski definition) is 11. The van der Waals surface area contributed by atoms with Gasteiger partial charge in [-0.2, -0.15) is 0 Å². The molecule has 42 heavy (non-hydrogen) atoms. The largest absolute Gasteiger partial charge is 0.480 e. The van der Waals surface area contributed by atoms with Crippen LogP contribution in [0.25, 0.3) is 0 Å². The highest BCUT2D eigenvalue weighted by molar-refractivity contribution is 8.01. The molecule has 0 radical (unpaired) electrons. The number of nitrogens with one attached hydrogen (secondary N) is 1. The van der Waals surface area contributed by atoms with E-state index in [-0.39, 0.29) is 6.42 Å². The van der Waals surface area contributed by atoms with Crippen molar-refractivity contribution >= 4 is 51.3 Å². The van der Waals surface area contributed by atoms with Crippen LogP contribution in [0.4, 0.5) is 0 Å². The Morgan fingerprint density at radius 3 is 2.36 bits per heavy atom. The fourth-order valence-corrected chi connectivity index (χ4v) is 11.0. The van der Waals surface area contributed by atoms with Crippen LogP contribution in [0.5, 0.6) is 0 Å². The molecule has 4 aliphatic rings. The summed E-state index contributed by atoms with van der Waals surface area (Å²) in [4.78, 5) is 66.9.